The maximum Gasteiger partial charge on any atom is 0.327 e. The first-order chi connectivity index (χ1) is 8.44. The summed E-state index contributed by atoms with van der Waals surface area (Å²) in [6.07, 6.45) is -3.79. The van der Waals surface area contributed by atoms with Crippen LogP contribution in [-0.2, 0) is 0 Å². The van der Waals surface area contributed by atoms with Crippen LogP contribution in [-0.4, -0.2) is 12.3 Å². The van der Waals surface area contributed by atoms with Crippen molar-refractivity contribution in [1.82, 2.24) is 0 Å². The van der Waals surface area contributed by atoms with Crippen LogP contribution in [0.3, 0.4) is 0 Å². The molecule has 0 spiro atoms. The second kappa shape index (κ2) is 4.76. The Morgan fingerprint density at radius 1 is 0.944 bits per heavy atom. The molecule has 0 bridgehead atoms. The summed E-state index contributed by atoms with van der Waals surface area (Å²) >= 11 is 5.54. The molecule has 1 unspecified atom stereocenters. The summed E-state index contributed by atoms with van der Waals surface area (Å²) in [6, 6.07) is 11.3. The molecule has 0 radical (unpaired) electrons. The van der Waals surface area contributed by atoms with E-state index < -0.39 is 17.7 Å². The van der Waals surface area contributed by atoms with E-state index in [1.165, 1.54) is 12.1 Å². The van der Waals surface area contributed by atoms with Gasteiger partial charge in [0.15, 0.2) is 0 Å². The minimum Gasteiger partial charge on any atom is -0.204 e. The fourth-order valence-corrected chi connectivity index (χ4v) is 2.07. The molecule has 0 aromatic heterocycles. The summed E-state index contributed by atoms with van der Waals surface area (Å²) in [7, 11) is 0. The standard InChI is InChI=1S/C13H9ClF4/c14-11(13(17,18)12(15)16)10-7-3-5-8-4-1-2-6-9(8)10/h1-7,11-12H. The normalized spacial score (nSPS) is 14.1. The van der Waals surface area contributed by atoms with Crippen LogP contribution in [0.1, 0.15) is 10.9 Å². The Balaban J connectivity index is 2.55. The molecule has 2 aromatic carbocycles. The van der Waals surface area contributed by atoms with Crippen LogP contribution in [0, 0.1) is 0 Å². The van der Waals surface area contributed by atoms with E-state index in [1.807, 2.05) is 0 Å². The van der Waals surface area contributed by atoms with Gasteiger partial charge in [-0.3, -0.25) is 0 Å². The number of fused-ring (bicyclic) bond motifs is 1. The van der Waals surface area contributed by atoms with Crippen LogP contribution >= 0.6 is 11.6 Å². The van der Waals surface area contributed by atoms with E-state index >= 15 is 0 Å². The van der Waals surface area contributed by atoms with Gasteiger partial charge in [0.25, 0.3) is 0 Å². The highest BCUT2D eigenvalue weighted by molar-refractivity contribution is 6.22. The van der Waals surface area contributed by atoms with E-state index in [1.54, 1.807) is 30.3 Å². The average Bonchev–Trinajstić information content (AvgIpc) is 2.37. The minimum atomic E-state index is -4.26. The van der Waals surface area contributed by atoms with Crippen LogP contribution in [0.4, 0.5) is 17.6 Å². The van der Waals surface area contributed by atoms with Crippen LogP contribution in [0.25, 0.3) is 10.8 Å². The van der Waals surface area contributed by atoms with E-state index in [0.29, 0.717) is 10.8 Å². The molecule has 5 heteroatoms. The van der Waals surface area contributed by atoms with E-state index in [2.05, 4.69) is 0 Å². The molecule has 0 saturated heterocycles. The van der Waals surface area contributed by atoms with Crippen LogP contribution in [0.15, 0.2) is 42.5 Å². The topological polar surface area (TPSA) is 0 Å². The average molecular weight is 277 g/mol. The van der Waals surface area contributed by atoms with Crippen molar-refractivity contribution in [2.45, 2.75) is 17.7 Å². The zero-order chi connectivity index (χ0) is 13.3. The molecule has 0 aliphatic rings. The first-order valence-electron chi connectivity index (χ1n) is 5.22. The first-order valence-corrected chi connectivity index (χ1v) is 5.66. The number of hydrogen-bond donors (Lipinski definition) is 0. The van der Waals surface area contributed by atoms with Gasteiger partial charge in [0.2, 0.25) is 0 Å². The largest absolute Gasteiger partial charge is 0.327 e. The fraction of sp³-hybridized carbons (Fsp3) is 0.231. The Labute approximate surface area is 106 Å². The molecule has 0 N–H and O–H groups in total. The minimum absolute atomic E-state index is 0.0140. The summed E-state index contributed by atoms with van der Waals surface area (Å²) in [5, 5.41) is -0.908. The molecule has 96 valence electrons. The highest BCUT2D eigenvalue weighted by Crippen LogP contribution is 2.43. The molecule has 0 amide bonds. The van der Waals surface area contributed by atoms with E-state index in [-0.39, 0.29) is 5.56 Å². The van der Waals surface area contributed by atoms with E-state index in [0.717, 1.165) is 0 Å². The van der Waals surface area contributed by atoms with Crippen molar-refractivity contribution >= 4 is 22.4 Å². The van der Waals surface area contributed by atoms with Crippen molar-refractivity contribution < 1.29 is 17.6 Å². The van der Waals surface area contributed by atoms with Crippen LogP contribution in [0.5, 0.6) is 0 Å². The Morgan fingerprint density at radius 3 is 2.22 bits per heavy atom. The van der Waals surface area contributed by atoms with Gasteiger partial charge in [-0.05, 0) is 16.3 Å². The van der Waals surface area contributed by atoms with Crippen LogP contribution in [0.2, 0.25) is 0 Å². The number of alkyl halides is 5. The van der Waals surface area contributed by atoms with Crippen molar-refractivity contribution in [2.24, 2.45) is 0 Å². The number of halogens is 5. The lowest BCUT2D eigenvalue weighted by atomic mass is 9.99. The van der Waals surface area contributed by atoms with Crippen molar-refractivity contribution in [3.05, 3.63) is 48.0 Å². The quantitative estimate of drug-likeness (QED) is 0.545. The third-order valence-corrected chi connectivity index (χ3v) is 3.25. The molecule has 0 saturated carbocycles. The van der Waals surface area contributed by atoms with Gasteiger partial charge >= 0.3 is 12.3 Å². The second-order valence-corrected chi connectivity index (χ2v) is 4.34. The molecule has 0 fully saturated rings. The third kappa shape index (κ3) is 2.17. The Morgan fingerprint density at radius 2 is 1.56 bits per heavy atom. The van der Waals surface area contributed by atoms with Crippen molar-refractivity contribution in [1.29, 1.82) is 0 Å². The Kier molecular flexibility index (Phi) is 3.48. The zero-order valence-electron chi connectivity index (χ0n) is 9.09. The molecule has 0 aliphatic heterocycles. The monoisotopic (exact) mass is 276 g/mol. The molecule has 0 nitrogen and oxygen atoms in total. The van der Waals surface area contributed by atoms with Gasteiger partial charge in [0, 0.05) is 0 Å². The Hall–Kier alpha value is -1.29. The molecule has 1 atom stereocenters. The summed E-state index contributed by atoms with van der Waals surface area (Å²) < 4.78 is 51.2. The number of benzene rings is 2. The number of hydrogen-bond acceptors (Lipinski definition) is 0. The summed E-state index contributed by atoms with van der Waals surface area (Å²) in [4.78, 5) is 0. The smallest absolute Gasteiger partial charge is 0.204 e. The summed E-state index contributed by atoms with van der Waals surface area (Å²) in [6.45, 7) is 0. The van der Waals surface area contributed by atoms with Crippen molar-refractivity contribution in [3.8, 4) is 0 Å². The van der Waals surface area contributed by atoms with Gasteiger partial charge in [-0.25, -0.2) is 8.78 Å². The molecule has 2 aromatic rings. The van der Waals surface area contributed by atoms with Crippen molar-refractivity contribution in [2.75, 3.05) is 0 Å². The van der Waals surface area contributed by atoms with Gasteiger partial charge in [0.1, 0.15) is 5.38 Å². The van der Waals surface area contributed by atoms with E-state index in [4.69, 9.17) is 11.6 Å². The Bertz CT molecular complexity index is 548. The molecule has 0 heterocycles. The van der Waals surface area contributed by atoms with Gasteiger partial charge < -0.3 is 0 Å². The van der Waals surface area contributed by atoms with Crippen molar-refractivity contribution in [3.63, 3.8) is 0 Å². The maximum absolute atomic E-state index is 13.3. The third-order valence-electron chi connectivity index (χ3n) is 2.73. The predicted molar refractivity (Wildman–Crippen MR) is 63.5 cm³/mol. The van der Waals surface area contributed by atoms with Gasteiger partial charge in [-0.15, -0.1) is 11.6 Å². The zero-order valence-corrected chi connectivity index (χ0v) is 9.84. The number of rotatable bonds is 3. The van der Waals surface area contributed by atoms with Gasteiger partial charge in [-0.2, -0.15) is 8.78 Å². The van der Waals surface area contributed by atoms with Gasteiger partial charge in [0.05, 0.1) is 0 Å². The second-order valence-electron chi connectivity index (χ2n) is 3.91. The predicted octanol–water partition coefficient (Wildman–Crippen LogP) is 5.02. The lowest BCUT2D eigenvalue weighted by molar-refractivity contribution is -0.130. The molecular formula is C13H9ClF4. The van der Waals surface area contributed by atoms with E-state index in [9.17, 15) is 17.6 Å². The maximum atomic E-state index is 13.3. The fourth-order valence-electron chi connectivity index (χ4n) is 1.79. The first kappa shape index (κ1) is 13.1. The highest BCUT2D eigenvalue weighted by Gasteiger charge is 2.49. The lowest BCUT2D eigenvalue weighted by Gasteiger charge is -2.22. The van der Waals surface area contributed by atoms with Gasteiger partial charge in [-0.1, -0.05) is 42.5 Å². The molecule has 18 heavy (non-hydrogen) atoms. The molecule has 0 aliphatic carbocycles. The molecular weight excluding hydrogens is 268 g/mol. The van der Waals surface area contributed by atoms with Crippen LogP contribution < -0.4 is 0 Å². The summed E-state index contributed by atoms with van der Waals surface area (Å²) in [5.41, 5.74) is 0.0140. The highest BCUT2D eigenvalue weighted by atomic mass is 35.5. The summed E-state index contributed by atoms with van der Waals surface area (Å²) in [5.74, 6) is -4.26. The molecule has 2 rings (SSSR count). The SMILES string of the molecule is FC(F)C(F)(F)C(Cl)c1cccc2ccccc12. The lowest BCUT2D eigenvalue weighted by Crippen LogP contribution is -2.31.